The van der Waals surface area contributed by atoms with Crippen LogP contribution in [0.3, 0.4) is 0 Å². The number of methoxy groups -OCH3 is 1. The van der Waals surface area contributed by atoms with E-state index >= 15 is 0 Å². The highest BCUT2D eigenvalue weighted by atomic mass is 16.5. The first-order valence-electron chi connectivity index (χ1n) is 6.44. The SMILES string of the molecule is COc1ccccc1N1CCCN(C)C(CO)C1=O. The predicted octanol–water partition coefficient (Wildman–Crippen LogP) is 0.725. The topological polar surface area (TPSA) is 53.0 Å². The summed E-state index contributed by atoms with van der Waals surface area (Å²) in [4.78, 5) is 16.1. The van der Waals surface area contributed by atoms with Gasteiger partial charge >= 0.3 is 0 Å². The number of hydrogen-bond donors (Lipinski definition) is 1. The Labute approximate surface area is 113 Å². The Kier molecular flexibility index (Phi) is 4.39. The second-order valence-corrected chi connectivity index (χ2v) is 4.69. The van der Waals surface area contributed by atoms with Crippen LogP contribution in [0, 0.1) is 0 Å². The second kappa shape index (κ2) is 6.04. The monoisotopic (exact) mass is 264 g/mol. The van der Waals surface area contributed by atoms with E-state index in [-0.39, 0.29) is 12.5 Å². The predicted molar refractivity (Wildman–Crippen MR) is 73.5 cm³/mol. The molecule has 1 fully saturated rings. The van der Waals surface area contributed by atoms with E-state index in [2.05, 4.69) is 0 Å². The van der Waals surface area contributed by atoms with Crippen molar-refractivity contribution in [1.29, 1.82) is 0 Å². The maximum absolute atomic E-state index is 12.5. The molecule has 2 rings (SSSR count). The van der Waals surface area contributed by atoms with E-state index in [0.29, 0.717) is 12.3 Å². The zero-order chi connectivity index (χ0) is 13.8. The summed E-state index contributed by atoms with van der Waals surface area (Å²) in [5, 5.41) is 9.43. The minimum Gasteiger partial charge on any atom is -0.495 e. The number of anilines is 1. The smallest absolute Gasteiger partial charge is 0.246 e. The Balaban J connectivity index is 2.34. The Morgan fingerprint density at radius 1 is 1.37 bits per heavy atom. The molecule has 5 nitrogen and oxygen atoms in total. The number of benzene rings is 1. The van der Waals surface area contributed by atoms with E-state index in [1.54, 1.807) is 12.0 Å². The summed E-state index contributed by atoms with van der Waals surface area (Å²) in [6.45, 7) is 1.27. The Morgan fingerprint density at radius 3 is 2.79 bits per heavy atom. The average Bonchev–Trinajstić information content (AvgIpc) is 2.57. The summed E-state index contributed by atoms with van der Waals surface area (Å²) >= 11 is 0. The molecule has 0 bridgehead atoms. The first-order valence-corrected chi connectivity index (χ1v) is 6.44. The second-order valence-electron chi connectivity index (χ2n) is 4.69. The molecule has 1 aliphatic heterocycles. The maximum Gasteiger partial charge on any atom is 0.246 e. The van der Waals surface area contributed by atoms with Gasteiger partial charge in [-0.3, -0.25) is 9.69 Å². The van der Waals surface area contributed by atoms with Crippen molar-refractivity contribution in [3.05, 3.63) is 24.3 Å². The molecule has 0 saturated carbocycles. The number of likely N-dealkylation sites (N-methyl/N-ethyl adjacent to an activating group) is 1. The minimum absolute atomic E-state index is 0.0769. The van der Waals surface area contributed by atoms with Gasteiger partial charge in [-0.25, -0.2) is 0 Å². The highest BCUT2D eigenvalue weighted by molar-refractivity contribution is 5.98. The molecule has 1 aromatic carbocycles. The van der Waals surface area contributed by atoms with Crippen LogP contribution in [0.15, 0.2) is 24.3 Å². The van der Waals surface area contributed by atoms with Crippen LogP contribution in [0.25, 0.3) is 0 Å². The molecule has 1 amide bonds. The van der Waals surface area contributed by atoms with Crippen molar-refractivity contribution in [2.75, 3.05) is 38.8 Å². The van der Waals surface area contributed by atoms with Crippen LogP contribution >= 0.6 is 0 Å². The third-order valence-electron chi connectivity index (χ3n) is 3.52. The van der Waals surface area contributed by atoms with Gasteiger partial charge in [0.15, 0.2) is 0 Å². The summed E-state index contributed by atoms with van der Waals surface area (Å²) in [6.07, 6.45) is 0.872. The normalized spacial score (nSPS) is 21.3. The summed E-state index contributed by atoms with van der Waals surface area (Å²) in [5.74, 6) is 0.601. The summed E-state index contributed by atoms with van der Waals surface area (Å²) in [5.41, 5.74) is 0.767. The number of nitrogens with zero attached hydrogens (tertiary/aromatic N) is 2. The fourth-order valence-corrected chi connectivity index (χ4v) is 2.42. The number of aliphatic hydroxyl groups excluding tert-OH is 1. The number of amides is 1. The van der Waals surface area contributed by atoms with Crippen LogP contribution in [0.2, 0.25) is 0 Å². The highest BCUT2D eigenvalue weighted by Crippen LogP contribution is 2.29. The van der Waals surface area contributed by atoms with E-state index in [1.165, 1.54) is 0 Å². The van der Waals surface area contributed by atoms with E-state index in [4.69, 9.17) is 4.74 Å². The van der Waals surface area contributed by atoms with Crippen molar-refractivity contribution < 1.29 is 14.6 Å². The van der Waals surface area contributed by atoms with Gasteiger partial charge in [-0.1, -0.05) is 12.1 Å². The molecule has 1 heterocycles. The van der Waals surface area contributed by atoms with Crippen LogP contribution in [-0.2, 0) is 4.79 Å². The lowest BCUT2D eigenvalue weighted by Gasteiger charge is -2.27. The van der Waals surface area contributed by atoms with Gasteiger partial charge < -0.3 is 14.7 Å². The zero-order valence-electron chi connectivity index (χ0n) is 11.4. The molecular weight excluding hydrogens is 244 g/mol. The lowest BCUT2D eigenvalue weighted by Crippen LogP contribution is -2.46. The van der Waals surface area contributed by atoms with Crippen molar-refractivity contribution in [3.63, 3.8) is 0 Å². The molecule has 104 valence electrons. The van der Waals surface area contributed by atoms with Crippen LogP contribution in [-0.4, -0.2) is 55.8 Å². The van der Waals surface area contributed by atoms with Gasteiger partial charge in [0.25, 0.3) is 0 Å². The van der Waals surface area contributed by atoms with Crippen molar-refractivity contribution >= 4 is 11.6 Å². The number of carbonyl (C=O) groups excluding carboxylic acids is 1. The number of rotatable bonds is 3. The molecular formula is C14H20N2O3. The van der Waals surface area contributed by atoms with E-state index in [0.717, 1.165) is 18.7 Å². The molecule has 5 heteroatoms. The fraction of sp³-hybridized carbons (Fsp3) is 0.500. The van der Waals surface area contributed by atoms with Crippen molar-refractivity contribution in [2.45, 2.75) is 12.5 Å². The van der Waals surface area contributed by atoms with Crippen molar-refractivity contribution in [1.82, 2.24) is 4.90 Å². The van der Waals surface area contributed by atoms with Gasteiger partial charge in [-0.2, -0.15) is 0 Å². The first kappa shape index (κ1) is 13.8. The Hall–Kier alpha value is -1.59. The maximum atomic E-state index is 12.5. The summed E-state index contributed by atoms with van der Waals surface area (Å²) in [7, 11) is 3.46. The van der Waals surface area contributed by atoms with Gasteiger partial charge in [0.2, 0.25) is 5.91 Å². The summed E-state index contributed by atoms with van der Waals surface area (Å²) in [6, 6.07) is 6.99. The molecule has 0 aromatic heterocycles. The molecule has 1 saturated heterocycles. The van der Waals surface area contributed by atoms with E-state index in [1.807, 2.05) is 36.2 Å². The van der Waals surface area contributed by atoms with Crippen molar-refractivity contribution in [2.24, 2.45) is 0 Å². The lowest BCUT2D eigenvalue weighted by atomic mass is 10.2. The molecule has 1 N–H and O–H groups in total. The third kappa shape index (κ3) is 2.72. The van der Waals surface area contributed by atoms with Gasteiger partial charge in [0.1, 0.15) is 11.8 Å². The molecule has 0 radical (unpaired) electrons. The standard InChI is InChI=1S/C14H20N2O3/c1-15-8-5-9-16(14(18)12(15)10-17)11-6-3-4-7-13(11)19-2/h3-4,6-7,12,17H,5,8-10H2,1-2H3. The highest BCUT2D eigenvalue weighted by Gasteiger charge is 2.31. The molecule has 1 aromatic rings. The fourth-order valence-electron chi connectivity index (χ4n) is 2.42. The third-order valence-corrected chi connectivity index (χ3v) is 3.52. The Morgan fingerprint density at radius 2 is 2.11 bits per heavy atom. The summed E-state index contributed by atoms with van der Waals surface area (Å²) < 4.78 is 5.31. The van der Waals surface area contributed by atoms with Crippen molar-refractivity contribution in [3.8, 4) is 5.75 Å². The largest absolute Gasteiger partial charge is 0.495 e. The van der Waals surface area contributed by atoms with Crippen LogP contribution in [0.1, 0.15) is 6.42 Å². The number of ether oxygens (including phenoxy) is 1. The minimum atomic E-state index is -0.479. The van der Waals surface area contributed by atoms with Crippen LogP contribution < -0.4 is 9.64 Å². The lowest BCUT2D eigenvalue weighted by molar-refractivity contribution is -0.123. The van der Waals surface area contributed by atoms with E-state index < -0.39 is 6.04 Å². The molecule has 0 aliphatic carbocycles. The van der Waals surface area contributed by atoms with Gasteiger partial charge in [0.05, 0.1) is 19.4 Å². The first-order chi connectivity index (χ1) is 9.19. The molecule has 19 heavy (non-hydrogen) atoms. The molecule has 0 spiro atoms. The van der Waals surface area contributed by atoms with Gasteiger partial charge in [0, 0.05) is 13.1 Å². The Bertz CT molecular complexity index is 450. The van der Waals surface area contributed by atoms with Gasteiger partial charge in [-0.05, 0) is 25.6 Å². The molecule has 1 aliphatic rings. The number of para-hydroxylation sites is 2. The van der Waals surface area contributed by atoms with Gasteiger partial charge in [-0.15, -0.1) is 0 Å². The zero-order valence-corrected chi connectivity index (χ0v) is 11.4. The quantitative estimate of drug-likeness (QED) is 0.874. The molecule has 1 unspecified atom stereocenters. The number of hydrogen-bond acceptors (Lipinski definition) is 4. The van der Waals surface area contributed by atoms with Crippen LogP contribution in [0.4, 0.5) is 5.69 Å². The molecule has 1 atom stereocenters. The van der Waals surface area contributed by atoms with Crippen LogP contribution in [0.5, 0.6) is 5.75 Å². The van der Waals surface area contributed by atoms with E-state index in [9.17, 15) is 9.90 Å². The number of carbonyl (C=O) groups is 1. The average molecular weight is 264 g/mol. The number of aliphatic hydroxyl groups is 1.